The molecule has 3 aromatic heterocycles. The monoisotopic (exact) mass is 383 g/mol. The molecule has 0 radical (unpaired) electrons. The van der Waals surface area contributed by atoms with Gasteiger partial charge in [0.2, 0.25) is 0 Å². The number of nitrogens with zero attached hydrogens (tertiary/aromatic N) is 2. The highest BCUT2D eigenvalue weighted by atomic mass is 35.5. The lowest BCUT2D eigenvalue weighted by molar-refractivity contribution is 0.104. The number of aromatic nitrogens is 3. The number of carbonyl (C=O) groups excluding carboxylic acids is 1. The third-order valence-electron chi connectivity index (χ3n) is 3.84. The summed E-state index contributed by atoms with van der Waals surface area (Å²) in [5, 5.41) is 1.32. The second-order valence-electron chi connectivity index (χ2n) is 5.47. The number of rotatable bonds is 4. The van der Waals surface area contributed by atoms with Gasteiger partial charge in [-0.05, 0) is 30.3 Å². The van der Waals surface area contributed by atoms with Crippen molar-refractivity contribution < 1.29 is 9.53 Å². The first-order valence-corrected chi connectivity index (χ1v) is 8.43. The van der Waals surface area contributed by atoms with Crippen molar-refractivity contribution >= 4 is 40.0 Å². The van der Waals surface area contributed by atoms with Crippen molar-refractivity contribution in [1.82, 2.24) is 15.0 Å². The Kier molecular flexibility index (Phi) is 4.32. The number of ether oxygens (including phenoxy) is 1. The van der Waals surface area contributed by atoms with E-state index < -0.39 is 0 Å². The van der Waals surface area contributed by atoms with E-state index in [0.717, 1.165) is 0 Å². The van der Waals surface area contributed by atoms with Crippen LogP contribution >= 0.6 is 23.2 Å². The average molecular weight is 384 g/mol. The average Bonchev–Trinajstić information content (AvgIpc) is 3.08. The molecular formula is C19H11Cl2N3O2. The molecule has 0 aliphatic rings. The molecule has 128 valence electrons. The molecule has 0 fully saturated rings. The van der Waals surface area contributed by atoms with Gasteiger partial charge in [-0.2, -0.15) is 0 Å². The second-order valence-corrected chi connectivity index (χ2v) is 6.29. The number of benzene rings is 1. The van der Waals surface area contributed by atoms with Gasteiger partial charge in [-0.3, -0.25) is 9.78 Å². The molecule has 1 aromatic carbocycles. The highest BCUT2D eigenvalue weighted by molar-refractivity contribution is 6.39. The first kappa shape index (κ1) is 16.6. The van der Waals surface area contributed by atoms with Crippen LogP contribution in [0.4, 0.5) is 0 Å². The lowest BCUT2D eigenvalue weighted by Gasteiger charge is -2.08. The molecule has 0 amide bonds. The van der Waals surface area contributed by atoms with Gasteiger partial charge in [0.05, 0.1) is 15.6 Å². The zero-order valence-corrected chi connectivity index (χ0v) is 14.8. The highest BCUT2D eigenvalue weighted by Gasteiger charge is 2.19. The predicted molar refractivity (Wildman–Crippen MR) is 100 cm³/mol. The van der Waals surface area contributed by atoms with E-state index in [4.69, 9.17) is 27.9 Å². The number of ketones is 1. The van der Waals surface area contributed by atoms with E-state index in [1.807, 2.05) is 0 Å². The molecule has 0 spiro atoms. The molecule has 4 rings (SSSR count). The molecule has 0 atom stereocenters. The predicted octanol–water partition coefficient (Wildman–Crippen LogP) is 5.29. The van der Waals surface area contributed by atoms with Crippen LogP contribution in [0.15, 0.2) is 61.2 Å². The largest absolute Gasteiger partial charge is 0.457 e. The number of hydrogen-bond donors (Lipinski definition) is 1. The lowest BCUT2D eigenvalue weighted by Crippen LogP contribution is -2.02. The van der Waals surface area contributed by atoms with Gasteiger partial charge in [0, 0.05) is 41.8 Å². The maximum Gasteiger partial charge on any atom is 0.196 e. The van der Waals surface area contributed by atoms with Gasteiger partial charge < -0.3 is 9.72 Å². The first-order valence-electron chi connectivity index (χ1n) is 7.67. The van der Waals surface area contributed by atoms with Gasteiger partial charge in [0.25, 0.3) is 0 Å². The summed E-state index contributed by atoms with van der Waals surface area (Å²) in [5.41, 5.74) is 1.33. The number of pyridine rings is 2. The minimum Gasteiger partial charge on any atom is -0.457 e. The molecular weight excluding hydrogens is 373 g/mol. The Morgan fingerprint density at radius 1 is 0.923 bits per heavy atom. The van der Waals surface area contributed by atoms with Crippen molar-refractivity contribution in [1.29, 1.82) is 0 Å². The summed E-state index contributed by atoms with van der Waals surface area (Å²) in [5.74, 6) is 0.910. The molecule has 0 aliphatic carbocycles. The van der Waals surface area contributed by atoms with Crippen LogP contribution < -0.4 is 4.74 Å². The van der Waals surface area contributed by atoms with Crippen LogP contribution in [-0.4, -0.2) is 20.7 Å². The summed E-state index contributed by atoms with van der Waals surface area (Å²) in [6, 6.07) is 10.0. The van der Waals surface area contributed by atoms with E-state index >= 15 is 0 Å². The summed E-state index contributed by atoms with van der Waals surface area (Å²) >= 11 is 12.5. The van der Waals surface area contributed by atoms with Crippen LogP contribution in [0.3, 0.4) is 0 Å². The van der Waals surface area contributed by atoms with E-state index in [-0.39, 0.29) is 10.8 Å². The number of H-pyrrole nitrogens is 1. The van der Waals surface area contributed by atoms with Crippen molar-refractivity contribution in [3.8, 4) is 11.5 Å². The van der Waals surface area contributed by atoms with Gasteiger partial charge in [-0.1, -0.05) is 23.2 Å². The van der Waals surface area contributed by atoms with E-state index in [0.29, 0.717) is 38.7 Å². The Labute approximate surface area is 158 Å². The third kappa shape index (κ3) is 3.03. The molecule has 4 aromatic rings. The lowest BCUT2D eigenvalue weighted by atomic mass is 10.0. The molecule has 0 bridgehead atoms. The van der Waals surface area contributed by atoms with Crippen molar-refractivity contribution in [2.24, 2.45) is 0 Å². The molecule has 5 nitrogen and oxygen atoms in total. The van der Waals surface area contributed by atoms with Crippen LogP contribution in [0.25, 0.3) is 11.0 Å². The summed E-state index contributed by atoms with van der Waals surface area (Å²) in [6.07, 6.45) is 6.42. The van der Waals surface area contributed by atoms with E-state index in [2.05, 4.69) is 15.0 Å². The van der Waals surface area contributed by atoms with Crippen LogP contribution in [-0.2, 0) is 0 Å². The maximum atomic E-state index is 12.9. The van der Waals surface area contributed by atoms with Crippen LogP contribution in [0, 0.1) is 0 Å². The summed E-state index contributed by atoms with van der Waals surface area (Å²) < 4.78 is 5.70. The van der Waals surface area contributed by atoms with E-state index in [9.17, 15) is 4.79 Å². The zero-order chi connectivity index (χ0) is 18.1. The SMILES string of the molecule is O=C(c1ccc(Oc2ccncc2)cc1Cl)c1c[nH]c2nccc(Cl)c12. The number of hydrogen-bond acceptors (Lipinski definition) is 4. The minimum atomic E-state index is -0.244. The molecule has 0 unspecified atom stereocenters. The maximum absolute atomic E-state index is 12.9. The fraction of sp³-hybridized carbons (Fsp3) is 0. The van der Waals surface area contributed by atoms with Crippen molar-refractivity contribution in [2.75, 3.05) is 0 Å². The highest BCUT2D eigenvalue weighted by Crippen LogP contribution is 2.31. The molecule has 0 saturated carbocycles. The third-order valence-corrected chi connectivity index (χ3v) is 4.47. The fourth-order valence-corrected chi connectivity index (χ4v) is 3.13. The number of halogens is 2. The fourth-order valence-electron chi connectivity index (χ4n) is 2.63. The first-order chi connectivity index (χ1) is 12.6. The van der Waals surface area contributed by atoms with Gasteiger partial charge in [-0.15, -0.1) is 0 Å². The summed E-state index contributed by atoms with van der Waals surface area (Å²) in [4.78, 5) is 24.0. The van der Waals surface area contributed by atoms with Crippen LogP contribution in [0.1, 0.15) is 15.9 Å². The van der Waals surface area contributed by atoms with Crippen molar-refractivity contribution in [3.63, 3.8) is 0 Å². The van der Waals surface area contributed by atoms with Crippen LogP contribution in [0.2, 0.25) is 10.0 Å². The Bertz CT molecular complexity index is 1110. The number of nitrogens with one attached hydrogen (secondary N) is 1. The standard InChI is InChI=1S/C19H11Cl2N3O2/c20-15-5-8-23-19-17(15)14(10-24-19)18(25)13-2-1-12(9-16(13)21)26-11-3-6-22-7-4-11/h1-10H,(H,23,24). The van der Waals surface area contributed by atoms with Crippen molar-refractivity contribution in [2.45, 2.75) is 0 Å². The summed E-state index contributed by atoms with van der Waals surface area (Å²) in [7, 11) is 0. The van der Waals surface area contributed by atoms with Gasteiger partial charge in [0.1, 0.15) is 17.1 Å². The Morgan fingerprint density at radius 2 is 1.73 bits per heavy atom. The topological polar surface area (TPSA) is 67.9 Å². The van der Waals surface area contributed by atoms with Gasteiger partial charge in [0.15, 0.2) is 5.78 Å². The smallest absolute Gasteiger partial charge is 0.196 e. The quantitative estimate of drug-likeness (QED) is 0.486. The molecule has 0 saturated heterocycles. The van der Waals surface area contributed by atoms with E-state index in [1.54, 1.807) is 61.2 Å². The number of aromatic amines is 1. The molecule has 7 heteroatoms. The molecule has 1 N–H and O–H groups in total. The summed E-state index contributed by atoms with van der Waals surface area (Å²) in [6.45, 7) is 0. The Morgan fingerprint density at radius 3 is 2.50 bits per heavy atom. The Hall–Kier alpha value is -2.89. The van der Waals surface area contributed by atoms with Crippen LogP contribution in [0.5, 0.6) is 11.5 Å². The van der Waals surface area contributed by atoms with Gasteiger partial charge in [-0.25, -0.2) is 4.98 Å². The molecule has 26 heavy (non-hydrogen) atoms. The second kappa shape index (κ2) is 6.78. The molecule has 3 heterocycles. The molecule has 0 aliphatic heterocycles. The number of carbonyl (C=O) groups is 1. The number of fused-ring (bicyclic) bond motifs is 1. The van der Waals surface area contributed by atoms with Gasteiger partial charge >= 0.3 is 0 Å². The van der Waals surface area contributed by atoms with Crippen molar-refractivity contribution in [3.05, 3.63) is 82.4 Å². The van der Waals surface area contributed by atoms with E-state index in [1.165, 1.54) is 0 Å². The normalized spacial score (nSPS) is 10.8. The minimum absolute atomic E-state index is 0.244. The Balaban J connectivity index is 1.68. The zero-order valence-electron chi connectivity index (χ0n) is 13.2.